The van der Waals surface area contributed by atoms with Crippen LogP contribution in [0.25, 0.3) is 0 Å². The third-order valence-electron chi connectivity index (χ3n) is 5.20. The number of aryl methyl sites for hydroxylation is 1. The third-order valence-corrected chi connectivity index (χ3v) is 5.20. The lowest BCUT2D eigenvalue weighted by Gasteiger charge is -2.37. The maximum Gasteiger partial charge on any atom is 0.317 e. The minimum Gasteiger partial charge on any atom is -0.481 e. The fourth-order valence-corrected chi connectivity index (χ4v) is 3.58. The van der Waals surface area contributed by atoms with Gasteiger partial charge in [-0.3, -0.25) is 4.79 Å². The zero-order valence-electron chi connectivity index (χ0n) is 14.6. The maximum absolute atomic E-state index is 12.4. The standard InChI is InChI=1S/C18H26N4O3/c1-13-6-7-19-16(12-13)21-8-10-22(11-9-21)18(25)20-15-4-2-14(3-5-15)17(23)24/h6-7,12,14-15H,2-5,8-11H2,1H3,(H,20,25)(H,23,24). The number of nitrogens with zero attached hydrogens (tertiary/aromatic N) is 3. The lowest BCUT2D eigenvalue weighted by atomic mass is 9.86. The molecule has 0 unspecified atom stereocenters. The SMILES string of the molecule is Cc1ccnc(N2CCN(C(=O)NC3CCC(C(=O)O)CC3)CC2)c1. The molecule has 2 amide bonds. The molecule has 3 rings (SSSR count). The summed E-state index contributed by atoms with van der Waals surface area (Å²) in [5, 5.41) is 12.1. The lowest BCUT2D eigenvalue weighted by Crippen LogP contribution is -2.54. The van der Waals surface area contributed by atoms with Crippen LogP contribution in [0.5, 0.6) is 0 Å². The molecular formula is C18H26N4O3. The number of hydrogen-bond donors (Lipinski definition) is 2. The fourth-order valence-electron chi connectivity index (χ4n) is 3.58. The van der Waals surface area contributed by atoms with E-state index in [0.29, 0.717) is 25.9 Å². The highest BCUT2D eigenvalue weighted by atomic mass is 16.4. The van der Waals surface area contributed by atoms with Crippen molar-refractivity contribution in [3.05, 3.63) is 23.9 Å². The number of carboxylic acid groups (broad SMARTS) is 1. The number of aromatic nitrogens is 1. The van der Waals surface area contributed by atoms with Crippen molar-refractivity contribution in [2.45, 2.75) is 38.6 Å². The predicted molar refractivity (Wildman–Crippen MR) is 94.7 cm³/mol. The zero-order valence-corrected chi connectivity index (χ0v) is 14.6. The van der Waals surface area contributed by atoms with Gasteiger partial charge < -0.3 is 20.2 Å². The van der Waals surface area contributed by atoms with Crippen LogP contribution in [0.2, 0.25) is 0 Å². The molecule has 2 N–H and O–H groups in total. The number of carbonyl (C=O) groups excluding carboxylic acids is 1. The van der Waals surface area contributed by atoms with Crippen LogP contribution in [0.1, 0.15) is 31.2 Å². The van der Waals surface area contributed by atoms with Crippen LogP contribution < -0.4 is 10.2 Å². The number of anilines is 1. The van der Waals surface area contributed by atoms with Crippen molar-refractivity contribution in [2.75, 3.05) is 31.1 Å². The van der Waals surface area contributed by atoms with E-state index in [1.54, 1.807) is 0 Å². The van der Waals surface area contributed by atoms with Crippen LogP contribution in [0.4, 0.5) is 10.6 Å². The summed E-state index contributed by atoms with van der Waals surface area (Å²) in [6.07, 6.45) is 4.60. The van der Waals surface area contributed by atoms with Gasteiger partial charge in [0.25, 0.3) is 0 Å². The molecule has 1 aliphatic carbocycles. The number of nitrogens with one attached hydrogen (secondary N) is 1. The summed E-state index contributed by atoms with van der Waals surface area (Å²) in [5.74, 6) is -0.00349. The van der Waals surface area contributed by atoms with Crippen molar-refractivity contribution in [1.29, 1.82) is 0 Å². The van der Waals surface area contributed by atoms with Gasteiger partial charge in [0.15, 0.2) is 0 Å². The summed E-state index contributed by atoms with van der Waals surface area (Å²) < 4.78 is 0. The fraction of sp³-hybridized carbons (Fsp3) is 0.611. The molecular weight excluding hydrogens is 320 g/mol. The van der Waals surface area contributed by atoms with Crippen molar-refractivity contribution < 1.29 is 14.7 Å². The number of pyridine rings is 1. The van der Waals surface area contributed by atoms with Gasteiger partial charge in [-0.25, -0.2) is 9.78 Å². The molecule has 7 heteroatoms. The summed E-state index contributed by atoms with van der Waals surface area (Å²) in [6.45, 7) is 4.94. The van der Waals surface area contributed by atoms with Crippen molar-refractivity contribution in [1.82, 2.24) is 15.2 Å². The highest BCUT2D eigenvalue weighted by Gasteiger charge is 2.28. The van der Waals surface area contributed by atoms with Gasteiger partial charge in [0.1, 0.15) is 5.82 Å². The quantitative estimate of drug-likeness (QED) is 0.873. The molecule has 0 atom stereocenters. The first-order valence-corrected chi connectivity index (χ1v) is 8.99. The molecule has 0 aromatic carbocycles. The Bertz CT molecular complexity index is 621. The van der Waals surface area contributed by atoms with Crippen molar-refractivity contribution in [2.24, 2.45) is 5.92 Å². The van der Waals surface area contributed by atoms with E-state index in [2.05, 4.69) is 21.3 Å². The number of urea groups is 1. The molecule has 0 spiro atoms. The largest absolute Gasteiger partial charge is 0.481 e. The first-order chi connectivity index (χ1) is 12.0. The van der Waals surface area contributed by atoms with Crippen LogP contribution in [0.15, 0.2) is 18.3 Å². The zero-order chi connectivity index (χ0) is 17.8. The number of amides is 2. The molecule has 1 aliphatic heterocycles. The molecule has 1 saturated heterocycles. The topological polar surface area (TPSA) is 85.8 Å². The van der Waals surface area contributed by atoms with E-state index >= 15 is 0 Å². The normalized spacial score (nSPS) is 24.0. The Kier molecular flexibility index (Phi) is 5.40. The number of hydrogen-bond acceptors (Lipinski definition) is 4. The lowest BCUT2D eigenvalue weighted by molar-refractivity contribution is -0.142. The number of aliphatic carboxylic acids is 1. The molecule has 0 radical (unpaired) electrons. The Morgan fingerprint density at radius 3 is 2.44 bits per heavy atom. The number of carboxylic acids is 1. The number of rotatable bonds is 3. The molecule has 1 aromatic heterocycles. The molecule has 7 nitrogen and oxygen atoms in total. The van der Waals surface area contributed by atoms with Gasteiger partial charge in [0, 0.05) is 38.4 Å². The minimum atomic E-state index is -0.717. The molecule has 0 bridgehead atoms. The number of piperazine rings is 1. The van der Waals surface area contributed by atoms with Crippen LogP contribution in [0.3, 0.4) is 0 Å². The second-order valence-corrected chi connectivity index (χ2v) is 7.00. The first kappa shape index (κ1) is 17.5. The average molecular weight is 346 g/mol. The monoisotopic (exact) mass is 346 g/mol. The summed E-state index contributed by atoms with van der Waals surface area (Å²) in [5.41, 5.74) is 1.18. The molecule has 1 saturated carbocycles. The second kappa shape index (κ2) is 7.72. The van der Waals surface area contributed by atoms with E-state index in [-0.39, 0.29) is 18.0 Å². The van der Waals surface area contributed by atoms with Crippen LogP contribution in [0, 0.1) is 12.8 Å². The van der Waals surface area contributed by atoms with Crippen LogP contribution in [-0.4, -0.2) is 59.2 Å². The minimum absolute atomic E-state index is 0.0318. The Labute approximate surface area is 148 Å². The maximum atomic E-state index is 12.4. The molecule has 2 heterocycles. The van der Waals surface area contributed by atoms with Gasteiger partial charge in [-0.1, -0.05) is 0 Å². The van der Waals surface area contributed by atoms with E-state index in [4.69, 9.17) is 5.11 Å². The Morgan fingerprint density at radius 2 is 1.84 bits per heavy atom. The summed E-state index contributed by atoms with van der Waals surface area (Å²) in [6, 6.07) is 4.11. The Hall–Kier alpha value is -2.31. The van der Waals surface area contributed by atoms with E-state index in [0.717, 1.165) is 31.7 Å². The Morgan fingerprint density at radius 1 is 1.16 bits per heavy atom. The van der Waals surface area contributed by atoms with E-state index in [9.17, 15) is 9.59 Å². The van der Waals surface area contributed by atoms with E-state index < -0.39 is 5.97 Å². The first-order valence-electron chi connectivity index (χ1n) is 8.99. The van der Waals surface area contributed by atoms with Gasteiger partial charge in [-0.15, -0.1) is 0 Å². The summed E-state index contributed by atoms with van der Waals surface area (Å²) in [7, 11) is 0. The van der Waals surface area contributed by atoms with Crippen molar-refractivity contribution in [3.63, 3.8) is 0 Å². The highest BCUT2D eigenvalue weighted by molar-refractivity contribution is 5.75. The third kappa shape index (κ3) is 4.41. The summed E-state index contributed by atoms with van der Waals surface area (Å²) in [4.78, 5) is 31.9. The van der Waals surface area contributed by atoms with Crippen molar-refractivity contribution in [3.8, 4) is 0 Å². The molecule has 2 fully saturated rings. The second-order valence-electron chi connectivity index (χ2n) is 7.00. The number of carbonyl (C=O) groups is 2. The van der Waals surface area contributed by atoms with E-state index in [1.807, 2.05) is 24.1 Å². The van der Waals surface area contributed by atoms with E-state index in [1.165, 1.54) is 5.56 Å². The van der Waals surface area contributed by atoms with Gasteiger partial charge in [-0.05, 0) is 50.3 Å². The molecule has 2 aliphatic rings. The van der Waals surface area contributed by atoms with Crippen LogP contribution in [-0.2, 0) is 4.79 Å². The molecule has 136 valence electrons. The van der Waals surface area contributed by atoms with Gasteiger partial charge in [0.05, 0.1) is 5.92 Å². The molecule has 25 heavy (non-hydrogen) atoms. The average Bonchev–Trinajstić information content (AvgIpc) is 2.62. The Balaban J connectivity index is 1.45. The van der Waals surface area contributed by atoms with Crippen molar-refractivity contribution >= 4 is 17.8 Å². The van der Waals surface area contributed by atoms with Gasteiger partial charge in [-0.2, -0.15) is 0 Å². The molecule has 1 aromatic rings. The highest BCUT2D eigenvalue weighted by Crippen LogP contribution is 2.24. The van der Waals surface area contributed by atoms with Gasteiger partial charge in [0.2, 0.25) is 0 Å². The smallest absolute Gasteiger partial charge is 0.317 e. The van der Waals surface area contributed by atoms with Crippen LogP contribution >= 0.6 is 0 Å². The predicted octanol–water partition coefficient (Wildman–Crippen LogP) is 1.87. The van der Waals surface area contributed by atoms with Gasteiger partial charge >= 0.3 is 12.0 Å². The summed E-state index contributed by atoms with van der Waals surface area (Å²) >= 11 is 0.